The highest BCUT2D eigenvalue weighted by molar-refractivity contribution is 7.98. The maximum Gasteiger partial charge on any atom is 0.451 e. The molecule has 1 aromatic carbocycles. The van der Waals surface area contributed by atoms with E-state index in [-0.39, 0.29) is 10.2 Å². The van der Waals surface area contributed by atoms with Crippen LogP contribution in [0.4, 0.5) is 13.2 Å². The Morgan fingerprint density at radius 3 is 2.42 bits per heavy atom. The number of rotatable bonds is 3. The maximum atomic E-state index is 12.5. The number of hydrogen-bond donors (Lipinski definition) is 0. The molecule has 2 nitrogen and oxygen atoms in total. The molecule has 0 unspecified atom stereocenters. The van der Waals surface area contributed by atoms with Crippen LogP contribution in [0.1, 0.15) is 11.4 Å². The summed E-state index contributed by atoms with van der Waals surface area (Å²) in [4.78, 5) is 6.64. The Bertz CT molecular complexity index is 561. The number of thioether (sulfide) groups is 1. The molecule has 0 aliphatic rings. The average Bonchev–Trinajstić information content (AvgIpc) is 2.36. The molecule has 1 heterocycles. The van der Waals surface area contributed by atoms with Crippen molar-refractivity contribution < 1.29 is 13.2 Å². The Morgan fingerprint density at radius 2 is 1.79 bits per heavy atom. The predicted molar refractivity (Wildman–Crippen MR) is 68.0 cm³/mol. The minimum absolute atomic E-state index is 0.205. The third-order valence-corrected chi connectivity index (χ3v) is 3.33. The molecule has 2 rings (SSSR count). The summed E-state index contributed by atoms with van der Waals surface area (Å²) in [6.07, 6.45) is -4.59. The second-order valence-electron chi connectivity index (χ2n) is 3.62. The molecule has 0 aliphatic heterocycles. The fourth-order valence-corrected chi connectivity index (χ4v) is 2.43. The maximum absolute atomic E-state index is 12.5. The molecule has 0 saturated heterocycles. The largest absolute Gasteiger partial charge is 0.451 e. The van der Waals surface area contributed by atoms with Gasteiger partial charge in [-0.3, -0.25) is 0 Å². The molecule has 100 valence electrons. The third-order valence-electron chi connectivity index (χ3n) is 2.15. The molecule has 0 amide bonds. The highest BCUT2D eigenvalue weighted by Gasteiger charge is 2.35. The van der Waals surface area contributed by atoms with Crippen LogP contribution in [-0.2, 0) is 11.9 Å². The third kappa shape index (κ3) is 4.11. The molecule has 19 heavy (non-hydrogen) atoms. The number of alkyl halides is 3. The van der Waals surface area contributed by atoms with Crippen molar-refractivity contribution in [3.05, 3.63) is 52.9 Å². The number of hydrogen-bond acceptors (Lipinski definition) is 3. The van der Waals surface area contributed by atoms with Gasteiger partial charge in [0.05, 0.1) is 0 Å². The van der Waals surface area contributed by atoms with Gasteiger partial charge in [0.1, 0.15) is 10.2 Å². The number of nitrogens with zero attached hydrogens (tertiary/aromatic N) is 2. The summed E-state index contributed by atoms with van der Waals surface area (Å²) in [5.74, 6) is -0.693. The standard InChI is InChI=1S/C12H8ClF3N2S/c13-9-6-10(18-11(17-9)12(14,15)16)19-7-8-4-2-1-3-5-8/h1-6H,7H2. The van der Waals surface area contributed by atoms with Crippen LogP contribution >= 0.6 is 23.4 Å². The fraction of sp³-hybridized carbons (Fsp3) is 0.167. The van der Waals surface area contributed by atoms with Crippen molar-refractivity contribution >= 4 is 23.4 Å². The monoisotopic (exact) mass is 304 g/mol. The van der Waals surface area contributed by atoms with Crippen molar-refractivity contribution in [2.45, 2.75) is 17.0 Å². The molecule has 0 radical (unpaired) electrons. The normalized spacial score (nSPS) is 11.6. The van der Waals surface area contributed by atoms with Gasteiger partial charge in [0.25, 0.3) is 0 Å². The first-order chi connectivity index (χ1) is 8.95. The minimum atomic E-state index is -4.59. The van der Waals surface area contributed by atoms with Crippen LogP contribution in [0, 0.1) is 0 Å². The van der Waals surface area contributed by atoms with Crippen molar-refractivity contribution in [3.63, 3.8) is 0 Å². The summed E-state index contributed by atoms with van der Waals surface area (Å²) >= 11 is 6.76. The van der Waals surface area contributed by atoms with Gasteiger partial charge in [-0.1, -0.05) is 41.9 Å². The molecule has 2 aromatic rings. The zero-order chi connectivity index (χ0) is 13.9. The van der Waals surface area contributed by atoms with Crippen LogP contribution in [0.2, 0.25) is 5.15 Å². The van der Waals surface area contributed by atoms with Crippen molar-refractivity contribution in [2.75, 3.05) is 0 Å². The second kappa shape index (κ2) is 5.79. The molecule has 0 fully saturated rings. The lowest BCUT2D eigenvalue weighted by molar-refractivity contribution is -0.145. The Kier molecular flexibility index (Phi) is 4.31. The Balaban J connectivity index is 2.15. The Labute approximate surface area is 117 Å². The van der Waals surface area contributed by atoms with Gasteiger partial charge in [-0.15, -0.1) is 11.8 Å². The van der Waals surface area contributed by atoms with Crippen LogP contribution in [0.15, 0.2) is 41.4 Å². The smallest absolute Gasteiger partial charge is 0.218 e. The van der Waals surface area contributed by atoms with E-state index in [2.05, 4.69) is 9.97 Å². The van der Waals surface area contributed by atoms with Gasteiger partial charge in [0.2, 0.25) is 5.82 Å². The molecule has 0 aliphatic carbocycles. The lowest BCUT2D eigenvalue weighted by Gasteiger charge is -2.07. The lowest BCUT2D eigenvalue weighted by atomic mass is 10.2. The first-order valence-electron chi connectivity index (χ1n) is 5.23. The molecular formula is C12H8ClF3N2S. The van der Waals surface area contributed by atoms with E-state index in [1.165, 1.54) is 17.8 Å². The first-order valence-corrected chi connectivity index (χ1v) is 6.60. The van der Waals surface area contributed by atoms with Gasteiger partial charge in [0.15, 0.2) is 0 Å². The van der Waals surface area contributed by atoms with Crippen LogP contribution < -0.4 is 0 Å². The van der Waals surface area contributed by atoms with E-state index in [4.69, 9.17) is 11.6 Å². The number of benzene rings is 1. The first kappa shape index (κ1) is 14.1. The second-order valence-corrected chi connectivity index (χ2v) is 5.01. The molecule has 0 bridgehead atoms. The SMILES string of the molecule is FC(F)(F)c1nc(Cl)cc(SCc2ccccc2)n1. The van der Waals surface area contributed by atoms with Gasteiger partial charge >= 0.3 is 6.18 Å². The molecule has 1 aromatic heterocycles. The quantitative estimate of drug-likeness (QED) is 0.619. The van der Waals surface area contributed by atoms with E-state index in [1.807, 2.05) is 30.3 Å². The lowest BCUT2D eigenvalue weighted by Crippen LogP contribution is -2.11. The van der Waals surface area contributed by atoms with E-state index in [1.54, 1.807) is 0 Å². The highest BCUT2D eigenvalue weighted by atomic mass is 35.5. The summed E-state index contributed by atoms with van der Waals surface area (Å²) in [5, 5.41) is -0.00550. The molecule has 0 spiro atoms. The molecule has 7 heteroatoms. The van der Waals surface area contributed by atoms with Crippen molar-refractivity contribution in [3.8, 4) is 0 Å². The van der Waals surface area contributed by atoms with E-state index in [0.29, 0.717) is 5.75 Å². The summed E-state index contributed by atoms with van der Waals surface area (Å²) in [7, 11) is 0. The molecule has 0 saturated carbocycles. The van der Waals surface area contributed by atoms with Crippen LogP contribution in [0.25, 0.3) is 0 Å². The summed E-state index contributed by atoms with van der Waals surface area (Å²) in [6.45, 7) is 0. The molecule has 0 atom stereocenters. The van der Waals surface area contributed by atoms with E-state index in [9.17, 15) is 13.2 Å². The highest BCUT2D eigenvalue weighted by Crippen LogP contribution is 2.30. The predicted octanol–water partition coefficient (Wildman–Crippen LogP) is 4.44. The number of aromatic nitrogens is 2. The van der Waals surface area contributed by atoms with Gasteiger partial charge in [-0.25, -0.2) is 9.97 Å². The molecule has 0 N–H and O–H groups in total. The van der Waals surface area contributed by atoms with E-state index in [0.717, 1.165) is 5.56 Å². The van der Waals surface area contributed by atoms with Crippen LogP contribution in [-0.4, -0.2) is 9.97 Å². The Hall–Kier alpha value is -1.27. The average molecular weight is 305 g/mol. The van der Waals surface area contributed by atoms with Gasteiger partial charge in [-0.2, -0.15) is 13.2 Å². The van der Waals surface area contributed by atoms with Crippen LogP contribution in [0.3, 0.4) is 0 Å². The van der Waals surface area contributed by atoms with Crippen LogP contribution in [0.5, 0.6) is 0 Å². The zero-order valence-corrected chi connectivity index (χ0v) is 11.1. The van der Waals surface area contributed by atoms with Gasteiger partial charge < -0.3 is 0 Å². The topological polar surface area (TPSA) is 25.8 Å². The summed E-state index contributed by atoms with van der Waals surface area (Å²) in [5.41, 5.74) is 0.996. The van der Waals surface area contributed by atoms with E-state index >= 15 is 0 Å². The van der Waals surface area contributed by atoms with Crippen molar-refractivity contribution in [1.82, 2.24) is 9.97 Å². The zero-order valence-electron chi connectivity index (χ0n) is 9.49. The van der Waals surface area contributed by atoms with Crippen molar-refractivity contribution in [1.29, 1.82) is 0 Å². The fourth-order valence-electron chi connectivity index (χ4n) is 1.33. The molecular weight excluding hydrogens is 297 g/mol. The number of halogens is 4. The van der Waals surface area contributed by atoms with E-state index < -0.39 is 12.0 Å². The van der Waals surface area contributed by atoms with Crippen molar-refractivity contribution in [2.24, 2.45) is 0 Å². The summed E-state index contributed by atoms with van der Waals surface area (Å²) in [6, 6.07) is 10.7. The summed E-state index contributed by atoms with van der Waals surface area (Å²) < 4.78 is 37.6. The minimum Gasteiger partial charge on any atom is -0.218 e. The van der Waals surface area contributed by atoms with Gasteiger partial charge in [0, 0.05) is 11.8 Å². The van der Waals surface area contributed by atoms with Gasteiger partial charge in [-0.05, 0) is 5.56 Å². The Morgan fingerprint density at radius 1 is 1.11 bits per heavy atom.